The fourth-order valence-electron chi connectivity index (χ4n) is 1.58. The van der Waals surface area contributed by atoms with Crippen molar-refractivity contribution in [2.45, 2.75) is 6.54 Å². The maximum absolute atomic E-state index is 12.0. The van der Waals surface area contributed by atoms with Crippen molar-refractivity contribution < 1.29 is 9.90 Å². The SMILES string of the molecule is O=C(NCc1ccncn1)c1cccc(C#CCO)c1. The van der Waals surface area contributed by atoms with E-state index in [1.165, 1.54) is 6.33 Å². The number of hydrogen-bond acceptors (Lipinski definition) is 4. The zero-order valence-electron chi connectivity index (χ0n) is 10.7. The zero-order chi connectivity index (χ0) is 14.2. The number of carbonyl (C=O) groups is 1. The highest BCUT2D eigenvalue weighted by molar-refractivity contribution is 5.94. The van der Waals surface area contributed by atoms with Gasteiger partial charge in [0, 0.05) is 17.3 Å². The number of nitrogens with one attached hydrogen (secondary N) is 1. The second-order valence-corrected chi connectivity index (χ2v) is 3.92. The zero-order valence-corrected chi connectivity index (χ0v) is 10.7. The molecule has 0 unspecified atom stereocenters. The van der Waals surface area contributed by atoms with Crippen LogP contribution in [0.5, 0.6) is 0 Å². The predicted octanol–water partition coefficient (Wildman–Crippen LogP) is 0.750. The molecule has 1 aromatic heterocycles. The lowest BCUT2D eigenvalue weighted by atomic mass is 10.1. The van der Waals surface area contributed by atoms with Gasteiger partial charge in [-0.1, -0.05) is 17.9 Å². The van der Waals surface area contributed by atoms with Gasteiger partial charge in [-0.2, -0.15) is 0 Å². The minimum absolute atomic E-state index is 0.198. The van der Waals surface area contributed by atoms with Crippen molar-refractivity contribution in [2.75, 3.05) is 6.61 Å². The van der Waals surface area contributed by atoms with Crippen molar-refractivity contribution in [1.29, 1.82) is 0 Å². The van der Waals surface area contributed by atoms with Crippen molar-refractivity contribution in [3.8, 4) is 11.8 Å². The van der Waals surface area contributed by atoms with Gasteiger partial charge in [-0.05, 0) is 24.3 Å². The van der Waals surface area contributed by atoms with E-state index < -0.39 is 0 Å². The average Bonchev–Trinajstić information content (AvgIpc) is 2.52. The Morgan fingerprint density at radius 2 is 2.25 bits per heavy atom. The first-order chi connectivity index (χ1) is 9.79. The lowest BCUT2D eigenvalue weighted by Crippen LogP contribution is -2.23. The molecular weight excluding hydrogens is 254 g/mol. The molecule has 2 rings (SSSR count). The summed E-state index contributed by atoms with van der Waals surface area (Å²) >= 11 is 0. The molecule has 100 valence electrons. The summed E-state index contributed by atoms with van der Waals surface area (Å²) in [6, 6.07) is 8.66. The Bertz CT molecular complexity index is 645. The highest BCUT2D eigenvalue weighted by atomic mass is 16.2. The average molecular weight is 267 g/mol. The highest BCUT2D eigenvalue weighted by Crippen LogP contribution is 2.04. The standard InChI is InChI=1S/C15H13N3O2/c19-8-2-4-12-3-1-5-13(9-12)15(20)17-10-14-6-7-16-11-18-14/h1,3,5-7,9,11,19H,8,10H2,(H,17,20). The van der Waals surface area contributed by atoms with Gasteiger partial charge >= 0.3 is 0 Å². The van der Waals surface area contributed by atoms with Crippen LogP contribution in [0.15, 0.2) is 42.9 Å². The number of rotatable bonds is 3. The van der Waals surface area contributed by atoms with E-state index in [2.05, 4.69) is 27.1 Å². The quantitative estimate of drug-likeness (QED) is 0.805. The van der Waals surface area contributed by atoms with Gasteiger partial charge in [-0.25, -0.2) is 9.97 Å². The van der Waals surface area contributed by atoms with Crippen molar-refractivity contribution in [2.24, 2.45) is 0 Å². The maximum atomic E-state index is 12.0. The lowest BCUT2D eigenvalue weighted by Gasteiger charge is -2.04. The number of hydrogen-bond donors (Lipinski definition) is 2. The van der Waals surface area contributed by atoms with Gasteiger partial charge in [0.15, 0.2) is 0 Å². The Balaban J connectivity index is 2.02. The molecule has 0 aliphatic rings. The molecule has 5 nitrogen and oxygen atoms in total. The first-order valence-electron chi connectivity index (χ1n) is 6.02. The van der Waals surface area contributed by atoms with Crippen LogP contribution in [0.4, 0.5) is 0 Å². The monoisotopic (exact) mass is 267 g/mol. The summed E-state index contributed by atoms with van der Waals surface area (Å²) < 4.78 is 0. The van der Waals surface area contributed by atoms with E-state index in [1.807, 2.05) is 0 Å². The minimum atomic E-state index is -0.204. The van der Waals surface area contributed by atoms with Gasteiger partial charge in [-0.3, -0.25) is 4.79 Å². The third-order valence-corrected chi connectivity index (χ3v) is 2.51. The predicted molar refractivity (Wildman–Crippen MR) is 73.6 cm³/mol. The number of amides is 1. The maximum Gasteiger partial charge on any atom is 0.251 e. The highest BCUT2D eigenvalue weighted by Gasteiger charge is 2.05. The van der Waals surface area contributed by atoms with E-state index in [0.29, 0.717) is 17.7 Å². The van der Waals surface area contributed by atoms with Gasteiger partial charge < -0.3 is 10.4 Å². The lowest BCUT2D eigenvalue weighted by molar-refractivity contribution is 0.0950. The van der Waals surface area contributed by atoms with Gasteiger partial charge in [-0.15, -0.1) is 0 Å². The van der Waals surface area contributed by atoms with Crippen molar-refractivity contribution in [3.05, 3.63) is 59.7 Å². The molecule has 1 heterocycles. The van der Waals surface area contributed by atoms with Gasteiger partial charge in [0.1, 0.15) is 12.9 Å². The molecule has 0 saturated carbocycles. The van der Waals surface area contributed by atoms with Gasteiger partial charge in [0.05, 0.1) is 12.2 Å². The molecular formula is C15H13N3O2. The van der Waals surface area contributed by atoms with Crippen LogP contribution in [0.3, 0.4) is 0 Å². The molecule has 0 spiro atoms. The van der Waals surface area contributed by atoms with E-state index in [9.17, 15) is 4.79 Å². The Morgan fingerprint density at radius 1 is 1.35 bits per heavy atom. The Kier molecular flexibility index (Phi) is 4.81. The molecule has 0 aliphatic carbocycles. The molecule has 0 aliphatic heterocycles. The second-order valence-electron chi connectivity index (χ2n) is 3.92. The van der Waals surface area contributed by atoms with Crippen LogP contribution in [0.2, 0.25) is 0 Å². The summed E-state index contributed by atoms with van der Waals surface area (Å²) in [5.41, 5.74) is 1.95. The minimum Gasteiger partial charge on any atom is -0.384 e. The van der Waals surface area contributed by atoms with E-state index in [0.717, 1.165) is 5.69 Å². The van der Waals surface area contributed by atoms with Gasteiger partial charge in [0.25, 0.3) is 5.91 Å². The van der Waals surface area contributed by atoms with Crippen LogP contribution in [0, 0.1) is 11.8 Å². The molecule has 0 bridgehead atoms. The number of nitrogens with zero attached hydrogens (tertiary/aromatic N) is 2. The summed E-state index contributed by atoms with van der Waals surface area (Å²) in [6.07, 6.45) is 3.06. The van der Waals surface area contributed by atoms with E-state index in [-0.39, 0.29) is 12.5 Å². The summed E-state index contributed by atoms with van der Waals surface area (Å²) in [7, 11) is 0. The van der Waals surface area contributed by atoms with Crippen molar-refractivity contribution in [3.63, 3.8) is 0 Å². The Morgan fingerprint density at radius 3 is 3.00 bits per heavy atom. The molecule has 0 fully saturated rings. The third-order valence-electron chi connectivity index (χ3n) is 2.51. The number of benzene rings is 1. The third kappa shape index (κ3) is 3.90. The van der Waals surface area contributed by atoms with Gasteiger partial charge in [0.2, 0.25) is 0 Å². The molecule has 1 amide bonds. The largest absolute Gasteiger partial charge is 0.384 e. The summed E-state index contributed by atoms with van der Waals surface area (Å²) in [6.45, 7) is 0.137. The van der Waals surface area contributed by atoms with Crippen LogP contribution >= 0.6 is 0 Å². The molecule has 5 heteroatoms. The van der Waals surface area contributed by atoms with Crippen LogP contribution in [0.25, 0.3) is 0 Å². The van der Waals surface area contributed by atoms with E-state index >= 15 is 0 Å². The van der Waals surface area contributed by atoms with Crippen LogP contribution in [0.1, 0.15) is 21.6 Å². The van der Waals surface area contributed by atoms with Crippen LogP contribution in [-0.4, -0.2) is 27.6 Å². The Hall–Kier alpha value is -2.71. The number of aliphatic hydroxyl groups excluding tert-OH is 1. The first kappa shape index (κ1) is 13.7. The number of aliphatic hydroxyl groups is 1. The molecule has 0 saturated heterocycles. The summed E-state index contributed by atoms with van der Waals surface area (Å²) in [5.74, 6) is 5.11. The number of carbonyl (C=O) groups excluding carboxylic acids is 1. The molecule has 20 heavy (non-hydrogen) atoms. The van der Waals surface area contributed by atoms with Crippen LogP contribution < -0.4 is 5.32 Å². The van der Waals surface area contributed by atoms with Crippen LogP contribution in [-0.2, 0) is 6.54 Å². The summed E-state index contributed by atoms with van der Waals surface area (Å²) in [4.78, 5) is 19.8. The Labute approximate surface area is 116 Å². The summed E-state index contributed by atoms with van der Waals surface area (Å²) in [5, 5.41) is 11.4. The fraction of sp³-hybridized carbons (Fsp3) is 0.133. The molecule has 0 radical (unpaired) electrons. The fourth-order valence-corrected chi connectivity index (χ4v) is 1.58. The molecule has 2 aromatic rings. The van der Waals surface area contributed by atoms with E-state index in [1.54, 1.807) is 36.5 Å². The van der Waals surface area contributed by atoms with Crippen molar-refractivity contribution >= 4 is 5.91 Å². The topological polar surface area (TPSA) is 75.1 Å². The molecule has 0 atom stereocenters. The first-order valence-corrected chi connectivity index (χ1v) is 6.02. The van der Waals surface area contributed by atoms with E-state index in [4.69, 9.17) is 5.11 Å². The van der Waals surface area contributed by atoms with Crippen molar-refractivity contribution in [1.82, 2.24) is 15.3 Å². The normalized spacial score (nSPS) is 9.45. The smallest absolute Gasteiger partial charge is 0.251 e. The number of aromatic nitrogens is 2. The second kappa shape index (κ2) is 7.02. The molecule has 1 aromatic carbocycles. The molecule has 2 N–H and O–H groups in total.